The van der Waals surface area contributed by atoms with Crippen molar-refractivity contribution in [3.63, 3.8) is 0 Å². The fourth-order valence-electron chi connectivity index (χ4n) is 2.16. The maximum absolute atomic E-state index is 11.4. The number of anilines is 1. The van der Waals surface area contributed by atoms with Gasteiger partial charge in [-0.1, -0.05) is 24.3 Å². The zero-order chi connectivity index (χ0) is 16.9. The molecule has 0 fully saturated rings. The summed E-state index contributed by atoms with van der Waals surface area (Å²) in [4.78, 5) is 22.9. The summed E-state index contributed by atoms with van der Waals surface area (Å²) in [6.45, 7) is 3.89. The number of nitro groups is 1. The standard InChI is InChI=1S/C16H13N5O3/c1-2-8-18-15-14(21(22)23)16(20-10-19-15)24-12-7-3-5-11-6-4-9-17-13(11)12/h2-7,9-10H,1,8H2,(H,18,19,20). The van der Waals surface area contributed by atoms with Crippen LogP contribution < -0.4 is 10.1 Å². The van der Waals surface area contributed by atoms with Gasteiger partial charge < -0.3 is 10.1 Å². The molecule has 2 heterocycles. The van der Waals surface area contributed by atoms with Crippen LogP contribution in [0.4, 0.5) is 11.5 Å². The van der Waals surface area contributed by atoms with Crippen molar-refractivity contribution in [2.24, 2.45) is 0 Å². The number of nitrogens with one attached hydrogen (secondary N) is 1. The van der Waals surface area contributed by atoms with Gasteiger partial charge in [0.05, 0.1) is 4.92 Å². The molecule has 0 bridgehead atoms. The quantitative estimate of drug-likeness (QED) is 0.421. The van der Waals surface area contributed by atoms with Crippen LogP contribution in [0.15, 0.2) is 55.5 Å². The summed E-state index contributed by atoms with van der Waals surface area (Å²) >= 11 is 0. The van der Waals surface area contributed by atoms with Gasteiger partial charge in [-0.2, -0.15) is 4.98 Å². The number of fused-ring (bicyclic) bond motifs is 1. The molecule has 0 unspecified atom stereocenters. The number of benzene rings is 1. The van der Waals surface area contributed by atoms with E-state index in [1.54, 1.807) is 30.5 Å². The molecule has 1 N–H and O–H groups in total. The minimum atomic E-state index is -0.584. The van der Waals surface area contributed by atoms with Crippen molar-refractivity contribution in [1.29, 1.82) is 0 Å². The maximum atomic E-state index is 11.4. The Morgan fingerprint density at radius 2 is 2.08 bits per heavy atom. The van der Waals surface area contributed by atoms with Crippen molar-refractivity contribution in [2.45, 2.75) is 0 Å². The molecule has 120 valence electrons. The Morgan fingerprint density at radius 1 is 1.25 bits per heavy atom. The number of hydrogen-bond donors (Lipinski definition) is 1. The van der Waals surface area contributed by atoms with Crippen LogP contribution in [0.3, 0.4) is 0 Å². The van der Waals surface area contributed by atoms with Crippen LogP contribution in [-0.4, -0.2) is 26.4 Å². The third kappa shape index (κ3) is 2.98. The Labute approximate surface area is 137 Å². The topological polar surface area (TPSA) is 103 Å². The van der Waals surface area contributed by atoms with Gasteiger partial charge in [0.15, 0.2) is 5.75 Å². The molecule has 0 aliphatic carbocycles. The number of ether oxygens (including phenoxy) is 1. The fourth-order valence-corrected chi connectivity index (χ4v) is 2.16. The van der Waals surface area contributed by atoms with Gasteiger partial charge in [-0.05, 0) is 12.1 Å². The largest absolute Gasteiger partial charge is 0.431 e. The molecule has 8 nitrogen and oxygen atoms in total. The minimum absolute atomic E-state index is 0.0677. The average molecular weight is 323 g/mol. The van der Waals surface area contributed by atoms with Gasteiger partial charge in [0.1, 0.15) is 11.8 Å². The lowest BCUT2D eigenvalue weighted by atomic mass is 10.2. The highest BCUT2D eigenvalue weighted by Gasteiger charge is 2.25. The van der Waals surface area contributed by atoms with E-state index in [9.17, 15) is 10.1 Å². The Morgan fingerprint density at radius 3 is 2.88 bits per heavy atom. The number of hydrogen-bond acceptors (Lipinski definition) is 7. The fraction of sp³-hybridized carbons (Fsp3) is 0.0625. The number of para-hydroxylation sites is 1. The van der Waals surface area contributed by atoms with Crippen LogP contribution in [0.5, 0.6) is 11.6 Å². The number of pyridine rings is 1. The van der Waals surface area contributed by atoms with E-state index >= 15 is 0 Å². The van der Waals surface area contributed by atoms with Gasteiger partial charge in [-0.15, -0.1) is 6.58 Å². The molecule has 2 aromatic heterocycles. The number of aromatic nitrogens is 3. The smallest absolute Gasteiger partial charge is 0.373 e. The van der Waals surface area contributed by atoms with E-state index in [0.29, 0.717) is 17.8 Å². The van der Waals surface area contributed by atoms with Crippen LogP contribution in [0.1, 0.15) is 0 Å². The van der Waals surface area contributed by atoms with E-state index in [-0.39, 0.29) is 17.4 Å². The second-order valence-corrected chi connectivity index (χ2v) is 4.74. The molecule has 0 saturated carbocycles. The molecule has 0 atom stereocenters. The van der Waals surface area contributed by atoms with Gasteiger partial charge in [0.25, 0.3) is 0 Å². The monoisotopic (exact) mass is 323 g/mol. The normalized spacial score (nSPS) is 10.3. The summed E-state index contributed by atoms with van der Waals surface area (Å²) in [5.41, 5.74) is 0.251. The van der Waals surface area contributed by atoms with Crippen molar-refractivity contribution in [2.75, 3.05) is 11.9 Å². The molecule has 24 heavy (non-hydrogen) atoms. The third-order valence-electron chi connectivity index (χ3n) is 3.19. The molecule has 0 amide bonds. The second-order valence-electron chi connectivity index (χ2n) is 4.74. The lowest BCUT2D eigenvalue weighted by Gasteiger charge is -2.09. The van der Waals surface area contributed by atoms with Crippen LogP contribution >= 0.6 is 0 Å². The minimum Gasteiger partial charge on any atom is -0.431 e. The predicted molar refractivity (Wildman–Crippen MR) is 89.2 cm³/mol. The molecule has 3 rings (SSSR count). The Hall–Kier alpha value is -3.55. The zero-order valence-electron chi connectivity index (χ0n) is 12.5. The first-order chi connectivity index (χ1) is 11.7. The molecular weight excluding hydrogens is 310 g/mol. The van der Waals surface area contributed by atoms with E-state index in [0.717, 1.165) is 5.39 Å². The summed E-state index contributed by atoms with van der Waals surface area (Å²) < 4.78 is 5.68. The van der Waals surface area contributed by atoms with Gasteiger partial charge >= 0.3 is 11.6 Å². The van der Waals surface area contributed by atoms with E-state index in [1.165, 1.54) is 6.33 Å². The van der Waals surface area contributed by atoms with Crippen molar-refractivity contribution in [1.82, 2.24) is 15.0 Å². The molecular formula is C16H13N5O3. The molecule has 0 radical (unpaired) electrons. The first kappa shape index (κ1) is 15.3. The SMILES string of the molecule is C=CCNc1ncnc(Oc2cccc3cccnc23)c1[N+](=O)[O-]. The Balaban J connectivity index is 2.06. The average Bonchev–Trinajstić information content (AvgIpc) is 2.60. The summed E-state index contributed by atoms with van der Waals surface area (Å²) in [6.07, 6.45) is 4.40. The highest BCUT2D eigenvalue weighted by atomic mass is 16.6. The first-order valence-corrected chi connectivity index (χ1v) is 7.06. The van der Waals surface area contributed by atoms with Gasteiger partial charge in [0.2, 0.25) is 5.82 Å². The van der Waals surface area contributed by atoms with Crippen molar-refractivity contribution < 1.29 is 9.66 Å². The summed E-state index contributed by atoms with van der Waals surface area (Å²) in [7, 11) is 0. The van der Waals surface area contributed by atoms with Crippen LogP contribution in [0.25, 0.3) is 10.9 Å². The van der Waals surface area contributed by atoms with Crippen LogP contribution in [0.2, 0.25) is 0 Å². The van der Waals surface area contributed by atoms with E-state index in [2.05, 4.69) is 26.8 Å². The lowest BCUT2D eigenvalue weighted by Crippen LogP contribution is -2.06. The summed E-state index contributed by atoms with van der Waals surface area (Å²) in [6, 6.07) is 9.01. The Kier molecular flexibility index (Phi) is 4.28. The zero-order valence-corrected chi connectivity index (χ0v) is 12.5. The molecule has 0 aliphatic heterocycles. The molecule has 0 saturated heterocycles. The number of rotatable bonds is 6. The highest BCUT2D eigenvalue weighted by molar-refractivity contribution is 5.84. The molecule has 8 heteroatoms. The number of nitrogens with zero attached hydrogens (tertiary/aromatic N) is 4. The van der Waals surface area contributed by atoms with Crippen LogP contribution in [0, 0.1) is 10.1 Å². The summed E-state index contributed by atoms with van der Waals surface area (Å²) in [5.74, 6) is 0.294. The van der Waals surface area contributed by atoms with Gasteiger partial charge in [-0.3, -0.25) is 15.1 Å². The third-order valence-corrected chi connectivity index (χ3v) is 3.19. The van der Waals surface area contributed by atoms with E-state index < -0.39 is 4.92 Å². The first-order valence-electron chi connectivity index (χ1n) is 7.06. The predicted octanol–water partition coefficient (Wildman–Crippen LogP) is 3.32. The van der Waals surface area contributed by atoms with Gasteiger partial charge in [0, 0.05) is 18.1 Å². The highest BCUT2D eigenvalue weighted by Crippen LogP contribution is 2.35. The molecule has 0 aliphatic rings. The van der Waals surface area contributed by atoms with E-state index in [4.69, 9.17) is 4.74 Å². The second kappa shape index (κ2) is 6.69. The van der Waals surface area contributed by atoms with Gasteiger partial charge in [-0.25, -0.2) is 4.98 Å². The lowest BCUT2D eigenvalue weighted by molar-refractivity contribution is -0.385. The van der Waals surface area contributed by atoms with Crippen LogP contribution in [-0.2, 0) is 0 Å². The van der Waals surface area contributed by atoms with Crippen molar-refractivity contribution >= 4 is 22.4 Å². The molecule has 3 aromatic rings. The molecule has 1 aromatic carbocycles. The Bertz CT molecular complexity index is 908. The van der Waals surface area contributed by atoms with Crippen molar-refractivity contribution in [3.05, 3.63) is 65.6 Å². The maximum Gasteiger partial charge on any atom is 0.373 e. The molecule has 0 spiro atoms. The van der Waals surface area contributed by atoms with Crippen molar-refractivity contribution in [3.8, 4) is 11.6 Å². The van der Waals surface area contributed by atoms with E-state index in [1.807, 2.05) is 12.1 Å². The summed E-state index contributed by atoms with van der Waals surface area (Å²) in [5, 5.41) is 15.1.